The topological polar surface area (TPSA) is 26.3 Å². The summed E-state index contributed by atoms with van der Waals surface area (Å²) in [6, 6.07) is 0. The number of carbonyl (C=O) groups excluding carboxylic acids is 1. The first kappa shape index (κ1) is 7.84. The van der Waals surface area contributed by atoms with Crippen LogP contribution in [0.1, 0.15) is 26.7 Å². The van der Waals surface area contributed by atoms with Crippen LogP contribution in [-0.4, -0.2) is 12.4 Å². The van der Waals surface area contributed by atoms with Crippen LogP contribution in [-0.2, 0) is 9.53 Å². The van der Waals surface area contributed by atoms with Gasteiger partial charge in [0.25, 0.3) is 0 Å². The molecular weight excluding hydrogens is 152 g/mol. The summed E-state index contributed by atoms with van der Waals surface area (Å²) in [5.41, 5.74) is 1.26. The van der Waals surface area contributed by atoms with Crippen molar-refractivity contribution >= 4 is 5.78 Å². The molecular formula is C10H14O2. The van der Waals surface area contributed by atoms with Crippen molar-refractivity contribution in [2.45, 2.75) is 26.7 Å². The first-order chi connectivity index (χ1) is 5.72. The summed E-state index contributed by atoms with van der Waals surface area (Å²) in [6.07, 6.45) is 2.13. The molecule has 2 atom stereocenters. The maximum absolute atomic E-state index is 11.6. The number of hydrogen-bond donors (Lipinski definition) is 0. The van der Waals surface area contributed by atoms with E-state index in [1.165, 1.54) is 5.57 Å². The summed E-state index contributed by atoms with van der Waals surface area (Å²) < 4.78 is 5.39. The Morgan fingerprint density at radius 3 is 2.75 bits per heavy atom. The minimum Gasteiger partial charge on any atom is -0.490 e. The second-order valence-corrected chi connectivity index (χ2v) is 3.75. The van der Waals surface area contributed by atoms with Gasteiger partial charge in [-0.15, -0.1) is 0 Å². The van der Waals surface area contributed by atoms with Crippen molar-refractivity contribution in [3.63, 3.8) is 0 Å². The van der Waals surface area contributed by atoms with Gasteiger partial charge in [-0.25, -0.2) is 0 Å². The Kier molecular flexibility index (Phi) is 1.71. The molecule has 1 aliphatic carbocycles. The van der Waals surface area contributed by atoms with Crippen LogP contribution in [0.3, 0.4) is 0 Å². The lowest BCUT2D eigenvalue weighted by atomic mass is 9.92. The molecule has 0 fully saturated rings. The highest BCUT2D eigenvalue weighted by Gasteiger charge is 2.38. The summed E-state index contributed by atoms with van der Waals surface area (Å²) in [6.45, 7) is 4.85. The van der Waals surface area contributed by atoms with Crippen LogP contribution < -0.4 is 0 Å². The van der Waals surface area contributed by atoms with Crippen LogP contribution in [0.4, 0.5) is 0 Å². The molecule has 0 amide bonds. The van der Waals surface area contributed by atoms with Gasteiger partial charge in [-0.1, -0.05) is 13.8 Å². The lowest BCUT2D eigenvalue weighted by Gasteiger charge is -2.16. The predicted molar refractivity (Wildman–Crippen MR) is 45.5 cm³/mol. The molecule has 0 radical (unpaired) electrons. The van der Waals surface area contributed by atoms with Gasteiger partial charge in [0.1, 0.15) is 0 Å². The van der Waals surface area contributed by atoms with E-state index in [0.717, 1.165) is 19.4 Å². The van der Waals surface area contributed by atoms with Crippen molar-refractivity contribution < 1.29 is 9.53 Å². The summed E-state index contributed by atoms with van der Waals surface area (Å²) in [4.78, 5) is 11.6. The zero-order chi connectivity index (χ0) is 8.72. The second kappa shape index (κ2) is 2.61. The maximum atomic E-state index is 11.6. The molecule has 1 heterocycles. The van der Waals surface area contributed by atoms with Gasteiger partial charge in [-0.05, 0) is 24.3 Å². The Balaban J connectivity index is 2.35. The molecule has 2 aliphatic rings. The minimum absolute atomic E-state index is 0.146. The van der Waals surface area contributed by atoms with Gasteiger partial charge < -0.3 is 4.74 Å². The third-order valence-electron chi connectivity index (χ3n) is 3.07. The normalized spacial score (nSPS) is 35.0. The Labute approximate surface area is 72.6 Å². The molecule has 66 valence electrons. The first-order valence-corrected chi connectivity index (χ1v) is 4.62. The molecule has 1 aliphatic heterocycles. The van der Waals surface area contributed by atoms with E-state index >= 15 is 0 Å². The predicted octanol–water partition coefficient (Wildman–Crippen LogP) is 1.91. The Hall–Kier alpha value is -0.790. The fraction of sp³-hybridized carbons (Fsp3) is 0.700. The zero-order valence-corrected chi connectivity index (χ0v) is 7.59. The molecule has 0 aromatic heterocycles. The molecule has 0 saturated carbocycles. The third-order valence-corrected chi connectivity index (χ3v) is 3.07. The first-order valence-electron chi connectivity index (χ1n) is 4.62. The van der Waals surface area contributed by atoms with E-state index < -0.39 is 0 Å². The SMILES string of the molecule is CC1C(=O)C2=C(CCCO2)[C@@H]1C. The fourth-order valence-corrected chi connectivity index (χ4v) is 2.04. The van der Waals surface area contributed by atoms with Gasteiger partial charge in [-0.2, -0.15) is 0 Å². The number of ketones is 1. The molecule has 1 unspecified atom stereocenters. The van der Waals surface area contributed by atoms with Gasteiger partial charge in [0, 0.05) is 5.92 Å². The quantitative estimate of drug-likeness (QED) is 0.549. The van der Waals surface area contributed by atoms with Crippen molar-refractivity contribution in [3.05, 3.63) is 11.3 Å². The van der Waals surface area contributed by atoms with E-state index in [1.54, 1.807) is 0 Å². The van der Waals surface area contributed by atoms with Gasteiger partial charge in [0.05, 0.1) is 6.61 Å². The molecule has 0 bridgehead atoms. The van der Waals surface area contributed by atoms with Crippen molar-refractivity contribution in [1.82, 2.24) is 0 Å². The highest BCUT2D eigenvalue weighted by atomic mass is 16.5. The lowest BCUT2D eigenvalue weighted by Crippen LogP contribution is -2.12. The van der Waals surface area contributed by atoms with E-state index in [-0.39, 0.29) is 11.7 Å². The van der Waals surface area contributed by atoms with Gasteiger partial charge in [0.15, 0.2) is 5.76 Å². The third kappa shape index (κ3) is 0.904. The van der Waals surface area contributed by atoms with Gasteiger partial charge in [-0.3, -0.25) is 4.79 Å². The summed E-state index contributed by atoms with van der Waals surface area (Å²) >= 11 is 0. The maximum Gasteiger partial charge on any atom is 0.200 e. The van der Waals surface area contributed by atoms with Gasteiger partial charge in [0.2, 0.25) is 5.78 Å². The number of carbonyl (C=O) groups is 1. The number of Topliss-reactive ketones (excluding diaryl/α,β-unsaturated/α-hetero) is 1. The van der Waals surface area contributed by atoms with Crippen molar-refractivity contribution in [3.8, 4) is 0 Å². The number of ether oxygens (including phenoxy) is 1. The highest BCUT2D eigenvalue weighted by Crippen LogP contribution is 2.39. The molecule has 0 aromatic rings. The minimum atomic E-state index is 0.146. The number of allylic oxidation sites excluding steroid dienone is 2. The van der Waals surface area contributed by atoms with Crippen LogP contribution in [0.15, 0.2) is 11.3 Å². The van der Waals surface area contributed by atoms with Crippen LogP contribution in [0.5, 0.6) is 0 Å². The van der Waals surface area contributed by atoms with Crippen molar-refractivity contribution in [2.24, 2.45) is 11.8 Å². The largest absolute Gasteiger partial charge is 0.490 e. The Bertz CT molecular complexity index is 253. The Morgan fingerprint density at radius 1 is 1.33 bits per heavy atom. The van der Waals surface area contributed by atoms with E-state index in [4.69, 9.17) is 4.74 Å². The molecule has 12 heavy (non-hydrogen) atoms. The van der Waals surface area contributed by atoms with E-state index in [2.05, 4.69) is 6.92 Å². The zero-order valence-electron chi connectivity index (χ0n) is 7.59. The van der Waals surface area contributed by atoms with Crippen molar-refractivity contribution in [1.29, 1.82) is 0 Å². The number of rotatable bonds is 0. The van der Waals surface area contributed by atoms with Crippen LogP contribution in [0.25, 0.3) is 0 Å². The summed E-state index contributed by atoms with van der Waals surface area (Å²) in [7, 11) is 0. The number of hydrogen-bond acceptors (Lipinski definition) is 2. The van der Waals surface area contributed by atoms with E-state index in [9.17, 15) is 4.79 Å². The Morgan fingerprint density at radius 2 is 2.08 bits per heavy atom. The second-order valence-electron chi connectivity index (χ2n) is 3.75. The van der Waals surface area contributed by atoms with Crippen LogP contribution >= 0.6 is 0 Å². The molecule has 0 N–H and O–H groups in total. The molecule has 0 aromatic carbocycles. The standard InChI is InChI=1S/C10H14O2/c1-6-7(2)9(11)10-8(6)4-3-5-12-10/h6-7H,3-5H2,1-2H3/t6-,7?/m1/s1. The average molecular weight is 166 g/mol. The smallest absolute Gasteiger partial charge is 0.200 e. The lowest BCUT2D eigenvalue weighted by molar-refractivity contribution is -0.121. The highest BCUT2D eigenvalue weighted by molar-refractivity contribution is 5.99. The monoisotopic (exact) mass is 166 g/mol. The molecule has 0 spiro atoms. The van der Waals surface area contributed by atoms with Crippen LogP contribution in [0, 0.1) is 11.8 Å². The van der Waals surface area contributed by atoms with E-state index in [1.807, 2.05) is 6.92 Å². The summed E-state index contributed by atoms with van der Waals surface area (Å²) in [5.74, 6) is 1.47. The van der Waals surface area contributed by atoms with Gasteiger partial charge >= 0.3 is 0 Å². The fourth-order valence-electron chi connectivity index (χ4n) is 2.04. The van der Waals surface area contributed by atoms with Crippen LogP contribution in [0.2, 0.25) is 0 Å². The molecule has 0 saturated heterocycles. The molecule has 2 heteroatoms. The molecule has 2 rings (SSSR count). The van der Waals surface area contributed by atoms with E-state index in [0.29, 0.717) is 11.7 Å². The molecule has 2 nitrogen and oxygen atoms in total. The summed E-state index contributed by atoms with van der Waals surface area (Å²) in [5, 5.41) is 0. The van der Waals surface area contributed by atoms with Crippen molar-refractivity contribution in [2.75, 3.05) is 6.61 Å². The average Bonchev–Trinajstić information content (AvgIpc) is 2.33.